The molecule has 2 aromatic rings. The first-order chi connectivity index (χ1) is 16.8. The van der Waals surface area contributed by atoms with E-state index in [9.17, 15) is 19.5 Å². The van der Waals surface area contributed by atoms with E-state index in [-0.39, 0.29) is 18.4 Å². The summed E-state index contributed by atoms with van der Waals surface area (Å²) in [6, 6.07) is 14.1. The van der Waals surface area contributed by atoms with Crippen molar-refractivity contribution in [1.82, 2.24) is 15.5 Å². The molecule has 0 spiro atoms. The van der Waals surface area contributed by atoms with Crippen LogP contribution in [0, 0.1) is 5.92 Å². The fourth-order valence-electron chi connectivity index (χ4n) is 4.11. The standard InChI is InChI=1S/C27H35N3O5/c1-19(2)25(27(33)34)29-26(32)21-12-9-13-23-22(21)17-30(16-20-10-5-3-6-11-20)18-24(31)28-14-7-4-8-15-35-23/h3,5-6,9-13,19,25H,4,7-8,14-18H2,1-2H3,(H,28,31)(H,29,32)(H,33,34)/t25-/m0/s1. The molecule has 3 rings (SSSR count). The van der Waals surface area contributed by atoms with Crippen LogP contribution in [0.25, 0.3) is 0 Å². The second-order valence-electron chi connectivity index (χ2n) is 9.21. The van der Waals surface area contributed by atoms with Gasteiger partial charge in [-0.2, -0.15) is 0 Å². The quantitative estimate of drug-likeness (QED) is 0.585. The summed E-state index contributed by atoms with van der Waals surface area (Å²) in [5.74, 6) is -1.33. The molecule has 0 saturated carbocycles. The number of carboxylic acids is 1. The smallest absolute Gasteiger partial charge is 0.326 e. The number of hydrogen-bond donors (Lipinski definition) is 3. The van der Waals surface area contributed by atoms with Gasteiger partial charge in [-0.15, -0.1) is 0 Å². The molecule has 8 heteroatoms. The van der Waals surface area contributed by atoms with Gasteiger partial charge in [0, 0.05) is 30.8 Å². The van der Waals surface area contributed by atoms with Crippen LogP contribution in [-0.2, 0) is 22.7 Å². The van der Waals surface area contributed by atoms with Crippen molar-refractivity contribution in [1.29, 1.82) is 0 Å². The highest BCUT2D eigenvalue weighted by atomic mass is 16.5. The summed E-state index contributed by atoms with van der Waals surface area (Å²) in [7, 11) is 0. The van der Waals surface area contributed by atoms with Crippen molar-refractivity contribution in [2.45, 2.75) is 52.2 Å². The van der Waals surface area contributed by atoms with E-state index >= 15 is 0 Å². The van der Waals surface area contributed by atoms with Crippen LogP contribution in [0.3, 0.4) is 0 Å². The number of ether oxygens (including phenoxy) is 1. The van der Waals surface area contributed by atoms with E-state index in [2.05, 4.69) is 10.6 Å². The fraction of sp³-hybridized carbons (Fsp3) is 0.444. The third-order valence-corrected chi connectivity index (χ3v) is 6.00. The van der Waals surface area contributed by atoms with Crippen molar-refractivity contribution in [2.75, 3.05) is 19.7 Å². The predicted molar refractivity (Wildman–Crippen MR) is 133 cm³/mol. The normalized spacial score (nSPS) is 16.5. The zero-order valence-corrected chi connectivity index (χ0v) is 20.5. The van der Waals surface area contributed by atoms with E-state index in [4.69, 9.17) is 4.74 Å². The molecule has 0 saturated heterocycles. The highest BCUT2D eigenvalue weighted by Gasteiger charge is 2.27. The molecule has 188 valence electrons. The van der Waals surface area contributed by atoms with Crippen molar-refractivity contribution >= 4 is 17.8 Å². The molecule has 0 unspecified atom stereocenters. The Balaban J connectivity index is 1.97. The minimum Gasteiger partial charge on any atom is -0.493 e. The van der Waals surface area contributed by atoms with E-state index in [0.717, 1.165) is 24.8 Å². The lowest BCUT2D eigenvalue weighted by Crippen LogP contribution is -2.44. The van der Waals surface area contributed by atoms with Gasteiger partial charge in [-0.05, 0) is 42.9 Å². The van der Waals surface area contributed by atoms with E-state index in [1.165, 1.54) is 0 Å². The Morgan fingerprint density at radius 3 is 2.54 bits per heavy atom. The predicted octanol–water partition coefficient (Wildman–Crippen LogP) is 3.21. The molecule has 35 heavy (non-hydrogen) atoms. The first kappa shape index (κ1) is 26.2. The molecule has 2 amide bonds. The second kappa shape index (κ2) is 12.9. The molecule has 0 aromatic heterocycles. The van der Waals surface area contributed by atoms with Crippen LogP contribution in [0.5, 0.6) is 5.75 Å². The van der Waals surface area contributed by atoms with E-state index in [0.29, 0.717) is 43.1 Å². The van der Waals surface area contributed by atoms with Gasteiger partial charge in [0.15, 0.2) is 0 Å². The molecule has 2 aromatic carbocycles. The van der Waals surface area contributed by atoms with Gasteiger partial charge in [-0.1, -0.05) is 50.2 Å². The molecule has 0 radical (unpaired) electrons. The number of nitrogens with one attached hydrogen (secondary N) is 2. The van der Waals surface area contributed by atoms with Crippen LogP contribution < -0.4 is 15.4 Å². The van der Waals surface area contributed by atoms with Crippen molar-refractivity contribution in [3.8, 4) is 5.75 Å². The summed E-state index contributed by atoms with van der Waals surface area (Å²) in [5.41, 5.74) is 2.03. The summed E-state index contributed by atoms with van der Waals surface area (Å²) < 4.78 is 6.09. The average Bonchev–Trinajstić information content (AvgIpc) is 2.83. The zero-order chi connectivity index (χ0) is 25.2. The average molecular weight is 482 g/mol. The van der Waals surface area contributed by atoms with Gasteiger partial charge in [0.25, 0.3) is 5.91 Å². The molecule has 1 heterocycles. The Bertz CT molecular complexity index is 1010. The van der Waals surface area contributed by atoms with Crippen LogP contribution in [-0.4, -0.2) is 53.5 Å². The van der Waals surface area contributed by atoms with Crippen molar-refractivity contribution in [3.05, 3.63) is 65.2 Å². The number of carbonyl (C=O) groups is 3. The minimum atomic E-state index is -1.08. The van der Waals surface area contributed by atoms with Gasteiger partial charge in [0.05, 0.1) is 13.2 Å². The molecule has 1 aliphatic rings. The maximum Gasteiger partial charge on any atom is 0.326 e. The minimum absolute atomic E-state index is 0.0738. The highest BCUT2D eigenvalue weighted by Crippen LogP contribution is 2.26. The molecule has 1 aliphatic heterocycles. The molecule has 0 bridgehead atoms. The second-order valence-corrected chi connectivity index (χ2v) is 9.21. The molecule has 0 fully saturated rings. The molecule has 8 nitrogen and oxygen atoms in total. The molecular weight excluding hydrogens is 446 g/mol. The van der Waals surface area contributed by atoms with Gasteiger partial charge < -0.3 is 20.5 Å². The van der Waals surface area contributed by atoms with Gasteiger partial charge in [0.2, 0.25) is 5.91 Å². The lowest BCUT2D eigenvalue weighted by atomic mass is 10.0. The highest BCUT2D eigenvalue weighted by molar-refractivity contribution is 5.98. The number of fused-ring (bicyclic) bond motifs is 1. The Hall–Kier alpha value is -3.39. The monoisotopic (exact) mass is 481 g/mol. The topological polar surface area (TPSA) is 108 Å². The first-order valence-electron chi connectivity index (χ1n) is 12.2. The number of hydrogen-bond acceptors (Lipinski definition) is 5. The van der Waals surface area contributed by atoms with Crippen LogP contribution in [0.4, 0.5) is 0 Å². The first-order valence-corrected chi connectivity index (χ1v) is 12.2. The number of rotatable bonds is 6. The molecule has 3 N–H and O–H groups in total. The molecular formula is C27H35N3O5. The number of amides is 2. The van der Waals surface area contributed by atoms with Crippen LogP contribution in [0.2, 0.25) is 0 Å². The number of nitrogens with zero attached hydrogens (tertiary/aromatic N) is 1. The zero-order valence-electron chi connectivity index (χ0n) is 20.5. The third-order valence-electron chi connectivity index (χ3n) is 6.00. The number of carbonyl (C=O) groups excluding carboxylic acids is 2. The SMILES string of the molecule is CC(C)[C@H](NC(=O)c1cccc2c1CN(Cc1ccccc1)CC(=O)NCCCCCO2)C(=O)O. The van der Waals surface area contributed by atoms with Crippen molar-refractivity contribution < 1.29 is 24.2 Å². The third kappa shape index (κ3) is 7.82. The largest absolute Gasteiger partial charge is 0.493 e. The Morgan fingerprint density at radius 2 is 1.83 bits per heavy atom. The Morgan fingerprint density at radius 1 is 1.06 bits per heavy atom. The van der Waals surface area contributed by atoms with Crippen LogP contribution in [0.1, 0.15) is 54.6 Å². The fourth-order valence-corrected chi connectivity index (χ4v) is 4.11. The lowest BCUT2D eigenvalue weighted by molar-refractivity contribution is -0.140. The van der Waals surface area contributed by atoms with Gasteiger partial charge in [-0.25, -0.2) is 4.79 Å². The Labute approximate surface area is 206 Å². The maximum atomic E-state index is 13.3. The van der Waals surface area contributed by atoms with Crippen molar-refractivity contribution in [2.24, 2.45) is 5.92 Å². The summed E-state index contributed by atoms with van der Waals surface area (Å²) in [6.07, 6.45) is 2.61. The van der Waals surface area contributed by atoms with E-state index < -0.39 is 17.9 Å². The van der Waals surface area contributed by atoms with Gasteiger partial charge >= 0.3 is 5.97 Å². The molecule has 1 atom stereocenters. The Kier molecular flexibility index (Phi) is 9.66. The number of benzene rings is 2. The van der Waals surface area contributed by atoms with Crippen LogP contribution in [0.15, 0.2) is 48.5 Å². The van der Waals surface area contributed by atoms with Gasteiger partial charge in [-0.3, -0.25) is 14.5 Å². The lowest BCUT2D eigenvalue weighted by Gasteiger charge is -2.25. The van der Waals surface area contributed by atoms with Crippen LogP contribution >= 0.6 is 0 Å². The summed E-state index contributed by atoms with van der Waals surface area (Å²) in [4.78, 5) is 39.6. The summed E-state index contributed by atoms with van der Waals surface area (Å²) >= 11 is 0. The van der Waals surface area contributed by atoms with Crippen molar-refractivity contribution in [3.63, 3.8) is 0 Å². The maximum absolute atomic E-state index is 13.3. The summed E-state index contributed by atoms with van der Waals surface area (Å²) in [6.45, 7) is 5.57. The van der Waals surface area contributed by atoms with Gasteiger partial charge in [0.1, 0.15) is 11.8 Å². The number of aliphatic carboxylic acids is 1. The van der Waals surface area contributed by atoms with E-state index in [1.54, 1.807) is 26.0 Å². The molecule has 0 aliphatic carbocycles. The summed E-state index contributed by atoms with van der Waals surface area (Å²) in [5, 5.41) is 15.2. The number of carboxylic acid groups (broad SMARTS) is 1. The van der Waals surface area contributed by atoms with E-state index in [1.807, 2.05) is 41.3 Å².